The quantitative estimate of drug-likeness (QED) is 0.744. The molecule has 1 saturated heterocycles. The molecule has 1 N–H and O–H groups in total. The number of hydrogen-bond donors (Lipinski definition) is 1. The van der Waals surface area contributed by atoms with E-state index in [4.69, 9.17) is 4.74 Å². The number of aliphatic hydroxyl groups is 1. The van der Waals surface area contributed by atoms with Crippen LogP contribution in [0.15, 0.2) is 59.6 Å². The largest absolute Gasteiger partial charge is 0.426 e. The number of amidine groups is 1. The Labute approximate surface area is 185 Å². The van der Waals surface area contributed by atoms with Crippen molar-refractivity contribution in [2.24, 2.45) is 4.99 Å². The normalized spacial score (nSPS) is 20.2. The monoisotopic (exact) mass is 433 g/mol. The Kier molecular flexibility index (Phi) is 6.05. The van der Waals surface area contributed by atoms with Crippen molar-refractivity contribution in [3.63, 3.8) is 0 Å². The number of ether oxygens (including phenoxy) is 1. The highest BCUT2D eigenvalue weighted by Gasteiger charge is 2.52. The van der Waals surface area contributed by atoms with Gasteiger partial charge in [0.25, 0.3) is 11.9 Å². The molecule has 9 heteroatoms. The lowest BCUT2D eigenvalue weighted by Gasteiger charge is -2.41. The van der Waals surface area contributed by atoms with Gasteiger partial charge in [0.05, 0.1) is 11.6 Å². The average Bonchev–Trinajstić information content (AvgIpc) is 3.16. The number of aliphatic hydroxyl groups excluding tert-OH is 1. The third-order valence-electron chi connectivity index (χ3n) is 5.46. The summed E-state index contributed by atoms with van der Waals surface area (Å²) in [5, 5.41) is 18.4. The Morgan fingerprint density at radius 3 is 2.66 bits per heavy atom. The molecule has 2 aliphatic rings. The Morgan fingerprint density at radius 2 is 1.94 bits per heavy atom. The van der Waals surface area contributed by atoms with E-state index in [0.717, 1.165) is 10.5 Å². The lowest BCUT2D eigenvalue weighted by atomic mass is 10.1. The summed E-state index contributed by atoms with van der Waals surface area (Å²) in [7, 11) is 1.60. The van der Waals surface area contributed by atoms with Gasteiger partial charge in [-0.1, -0.05) is 36.4 Å². The van der Waals surface area contributed by atoms with Crippen molar-refractivity contribution in [1.29, 1.82) is 5.26 Å². The predicted molar refractivity (Wildman–Crippen MR) is 115 cm³/mol. The number of rotatable bonds is 6. The maximum absolute atomic E-state index is 13.4. The highest BCUT2D eigenvalue weighted by molar-refractivity contribution is 6.03. The number of aliphatic imine (C=N–C) groups is 1. The van der Waals surface area contributed by atoms with Crippen LogP contribution >= 0.6 is 0 Å². The molecule has 2 heterocycles. The minimum absolute atomic E-state index is 0.122. The van der Waals surface area contributed by atoms with Crippen LogP contribution in [0, 0.1) is 11.3 Å². The van der Waals surface area contributed by atoms with E-state index in [2.05, 4.69) is 11.1 Å². The van der Waals surface area contributed by atoms with Crippen molar-refractivity contribution >= 4 is 18.0 Å². The van der Waals surface area contributed by atoms with Gasteiger partial charge in [0.15, 0.2) is 12.2 Å². The summed E-state index contributed by atoms with van der Waals surface area (Å²) in [6.45, 7) is 0.352. The van der Waals surface area contributed by atoms with Gasteiger partial charge < -0.3 is 19.6 Å². The van der Waals surface area contributed by atoms with Crippen molar-refractivity contribution in [2.75, 3.05) is 20.2 Å². The molecule has 2 aromatic rings. The van der Waals surface area contributed by atoms with Crippen molar-refractivity contribution in [3.8, 4) is 11.8 Å². The Morgan fingerprint density at radius 1 is 1.16 bits per heavy atom. The molecular weight excluding hydrogens is 410 g/mol. The van der Waals surface area contributed by atoms with Gasteiger partial charge in [0.2, 0.25) is 0 Å². The number of benzene rings is 2. The van der Waals surface area contributed by atoms with E-state index in [0.29, 0.717) is 24.3 Å². The second kappa shape index (κ2) is 9.08. The molecule has 0 bridgehead atoms. The molecule has 0 radical (unpaired) electrons. The molecule has 9 nitrogen and oxygen atoms in total. The number of nitriles is 1. The van der Waals surface area contributed by atoms with Crippen LogP contribution < -0.4 is 4.74 Å². The molecule has 1 fully saturated rings. The van der Waals surface area contributed by atoms with Crippen molar-refractivity contribution < 1.29 is 19.4 Å². The van der Waals surface area contributed by atoms with Gasteiger partial charge in [0, 0.05) is 26.7 Å². The van der Waals surface area contributed by atoms with Gasteiger partial charge >= 0.3 is 6.03 Å². The summed E-state index contributed by atoms with van der Waals surface area (Å²) < 4.78 is 6.02. The lowest BCUT2D eigenvalue weighted by molar-refractivity contribution is -0.137. The van der Waals surface area contributed by atoms with Gasteiger partial charge in [-0.2, -0.15) is 5.26 Å². The minimum Gasteiger partial charge on any atom is -0.426 e. The van der Waals surface area contributed by atoms with Crippen LogP contribution in [-0.2, 0) is 11.3 Å². The highest BCUT2D eigenvalue weighted by atomic mass is 16.5. The maximum atomic E-state index is 13.4. The third-order valence-corrected chi connectivity index (χ3v) is 5.46. The van der Waals surface area contributed by atoms with E-state index in [-0.39, 0.29) is 25.1 Å². The molecule has 32 heavy (non-hydrogen) atoms. The van der Waals surface area contributed by atoms with E-state index >= 15 is 0 Å². The van der Waals surface area contributed by atoms with Gasteiger partial charge in [-0.25, -0.2) is 9.79 Å². The standard InChI is InChI=1S/C23H23N5O4/c1-26-20-19(21(30)27(23(26)31)11-6-12-29)28(15-16-7-3-2-4-8-16)22(25-20)32-18-10-5-9-17(13-18)14-24/h2-5,7-10,13,19-20,29H,6,11-12,15H2,1H3. The number of nitrogens with zero attached hydrogens (tertiary/aromatic N) is 5. The fourth-order valence-corrected chi connectivity index (χ4v) is 3.85. The van der Waals surface area contributed by atoms with Crippen LogP contribution in [0.25, 0.3) is 0 Å². The van der Waals surface area contributed by atoms with Gasteiger partial charge in [-0.3, -0.25) is 9.69 Å². The number of fused-ring (bicyclic) bond motifs is 1. The zero-order chi connectivity index (χ0) is 22.7. The summed E-state index contributed by atoms with van der Waals surface area (Å²) in [5.74, 6) is 0.0358. The number of carbonyl (C=O) groups excluding carboxylic acids is 2. The third kappa shape index (κ3) is 4.00. The van der Waals surface area contributed by atoms with Crippen LogP contribution in [0.3, 0.4) is 0 Å². The first-order valence-electron chi connectivity index (χ1n) is 10.3. The first kappa shape index (κ1) is 21.3. The lowest BCUT2D eigenvalue weighted by Crippen LogP contribution is -2.65. The summed E-state index contributed by atoms with van der Waals surface area (Å²) in [5.41, 5.74) is 1.39. The van der Waals surface area contributed by atoms with E-state index in [1.807, 2.05) is 30.3 Å². The first-order chi connectivity index (χ1) is 15.5. The van der Waals surface area contributed by atoms with Crippen LogP contribution in [-0.4, -0.2) is 70.2 Å². The molecule has 164 valence electrons. The van der Waals surface area contributed by atoms with Crippen LogP contribution in [0.1, 0.15) is 17.5 Å². The SMILES string of the molecule is CN1C(=O)N(CCCO)C(=O)C2C1N=C(Oc1cccc(C#N)c1)N2Cc1ccccc1. The van der Waals surface area contributed by atoms with Crippen molar-refractivity contribution in [3.05, 3.63) is 65.7 Å². The molecular formula is C23H23N5O4. The highest BCUT2D eigenvalue weighted by Crippen LogP contribution is 2.30. The van der Waals surface area contributed by atoms with Crippen LogP contribution in [0.2, 0.25) is 0 Å². The molecule has 0 spiro atoms. The van der Waals surface area contributed by atoms with Crippen molar-refractivity contribution in [2.45, 2.75) is 25.2 Å². The fourth-order valence-electron chi connectivity index (χ4n) is 3.85. The first-order valence-corrected chi connectivity index (χ1v) is 10.3. The van der Waals surface area contributed by atoms with Crippen LogP contribution in [0.5, 0.6) is 5.75 Å². The summed E-state index contributed by atoms with van der Waals surface area (Å²) in [6.07, 6.45) is -0.440. The topological polar surface area (TPSA) is 109 Å². The maximum Gasteiger partial charge on any atom is 0.328 e. The minimum atomic E-state index is -0.759. The number of amides is 3. The molecule has 2 unspecified atom stereocenters. The van der Waals surface area contributed by atoms with E-state index in [1.165, 1.54) is 4.90 Å². The fraction of sp³-hybridized carbons (Fsp3) is 0.304. The summed E-state index contributed by atoms with van der Waals surface area (Å²) in [4.78, 5) is 35.0. The molecule has 2 atom stereocenters. The summed E-state index contributed by atoms with van der Waals surface area (Å²) >= 11 is 0. The number of likely N-dealkylation sites (N-methyl/N-ethyl adjacent to an activating group) is 1. The molecule has 4 rings (SSSR count). The van der Waals surface area contributed by atoms with Gasteiger partial charge in [-0.05, 0) is 30.2 Å². The second-order valence-electron chi connectivity index (χ2n) is 7.59. The number of carbonyl (C=O) groups is 2. The number of urea groups is 1. The smallest absolute Gasteiger partial charge is 0.328 e. The molecule has 0 aliphatic carbocycles. The average molecular weight is 433 g/mol. The predicted octanol–water partition coefficient (Wildman–Crippen LogP) is 1.78. The molecule has 2 aliphatic heterocycles. The molecule has 0 saturated carbocycles. The second-order valence-corrected chi connectivity index (χ2v) is 7.59. The van der Waals surface area contributed by atoms with Gasteiger partial charge in [0.1, 0.15) is 5.75 Å². The van der Waals surface area contributed by atoms with Crippen LogP contribution in [0.4, 0.5) is 4.79 Å². The van der Waals surface area contributed by atoms with E-state index < -0.39 is 18.2 Å². The Bertz CT molecular complexity index is 1080. The van der Waals surface area contributed by atoms with E-state index in [1.54, 1.807) is 36.2 Å². The van der Waals surface area contributed by atoms with Crippen molar-refractivity contribution in [1.82, 2.24) is 14.7 Å². The van der Waals surface area contributed by atoms with E-state index in [9.17, 15) is 20.0 Å². The number of hydrogen-bond acceptors (Lipinski definition) is 7. The molecule has 2 aromatic carbocycles. The zero-order valence-electron chi connectivity index (χ0n) is 17.6. The number of imide groups is 1. The molecule has 0 aromatic heterocycles. The Hall–Kier alpha value is -3.90. The zero-order valence-corrected chi connectivity index (χ0v) is 17.6. The summed E-state index contributed by atoms with van der Waals surface area (Å²) in [6, 6.07) is 17.3. The molecule has 3 amide bonds. The van der Waals surface area contributed by atoms with Gasteiger partial charge in [-0.15, -0.1) is 0 Å². The Balaban J connectivity index is 1.69.